The second kappa shape index (κ2) is 9.86. The number of amides is 2. The van der Waals surface area contributed by atoms with Gasteiger partial charge in [-0.2, -0.15) is 0 Å². The number of nitrogens with zero attached hydrogens (tertiary/aromatic N) is 1. The van der Waals surface area contributed by atoms with Crippen molar-refractivity contribution in [2.75, 3.05) is 6.61 Å². The Morgan fingerprint density at radius 1 is 1.13 bits per heavy atom. The minimum Gasteiger partial charge on any atom is -0.447 e. The van der Waals surface area contributed by atoms with Crippen LogP contribution in [0.4, 0.5) is 4.79 Å². The van der Waals surface area contributed by atoms with Crippen molar-refractivity contribution in [1.82, 2.24) is 4.90 Å². The van der Waals surface area contributed by atoms with Crippen LogP contribution in [0.1, 0.15) is 57.6 Å². The third-order valence-electron chi connectivity index (χ3n) is 5.47. The highest BCUT2D eigenvalue weighted by Gasteiger charge is 2.41. The van der Waals surface area contributed by atoms with Gasteiger partial charge in [-0.3, -0.25) is 4.79 Å². The molecule has 2 atom stereocenters. The average Bonchev–Trinajstić information content (AvgIpc) is 3.06. The van der Waals surface area contributed by atoms with Gasteiger partial charge in [0, 0.05) is 5.02 Å². The topological polar surface area (TPSA) is 46.6 Å². The summed E-state index contributed by atoms with van der Waals surface area (Å²) in [6.07, 6.45) is 1.51. The van der Waals surface area contributed by atoms with Crippen molar-refractivity contribution in [3.63, 3.8) is 0 Å². The Labute approximate surface area is 190 Å². The third kappa shape index (κ3) is 6.33. The molecule has 0 bridgehead atoms. The van der Waals surface area contributed by atoms with Crippen LogP contribution in [0, 0.1) is 11.3 Å². The van der Waals surface area contributed by atoms with Crippen molar-refractivity contribution < 1.29 is 14.3 Å². The lowest BCUT2D eigenvalue weighted by Gasteiger charge is -2.29. The summed E-state index contributed by atoms with van der Waals surface area (Å²) in [4.78, 5) is 27.6. The number of ether oxygens (including phenoxy) is 1. The van der Waals surface area contributed by atoms with Gasteiger partial charge in [-0.1, -0.05) is 81.8 Å². The first-order valence-electron chi connectivity index (χ1n) is 10.7. The summed E-state index contributed by atoms with van der Waals surface area (Å²) in [6, 6.07) is 16.9. The fourth-order valence-corrected chi connectivity index (χ4v) is 4.43. The molecule has 3 rings (SSSR count). The quantitative estimate of drug-likeness (QED) is 0.498. The number of rotatable bonds is 7. The molecule has 5 heteroatoms. The molecule has 1 aliphatic heterocycles. The van der Waals surface area contributed by atoms with E-state index in [9.17, 15) is 9.59 Å². The highest BCUT2D eigenvalue weighted by molar-refractivity contribution is 6.30. The van der Waals surface area contributed by atoms with E-state index >= 15 is 0 Å². The molecule has 4 nitrogen and oxygen atoms in total. The predicted octanol–water partition coefficient (Wildman–Crippen LogP) is 6.43. The number of carbonyl (C=O) groups excluding carboxylic acids is 2. The van der Waals surface area contributed by atoms with Gasteiger partial charge in [0.15, 0.2) is 0 Å². The fraction of sp³-hybridized carbons (Fsp3) is 0.423. The Bertz CT molecular complexity index is 889. The summed E-state index contributed by atoms with van der Waals surface area (Å²) in [7, 11) is 0. The van der Waals surface area contributed by atoms with Crippen LogP contribution in [0.3, 0.4) is 0 Å². The van der Waals surface area contributed by atoms with E-state index in [0.29, 0.717) is 17.9 Å². The Morgan fingerprint density at radius 2 is 1.77 bits per heavy atom. The van der Waals surface area contributed by atoms with Gasteiger partial charge in [0.25, 0.3) is 0 Å². The Balaban J connectivity index is 1.86. The lowest BCUT2D eigenvalue weighted by Crippen LogP contribution is -2.43. The zero-order valence-corrected chi connectivity index (χ0v) is 19.5. The lowest BCUT2D eigenvalue weighted by atomic mass is 9.79. The molecule has 2 amide bonds. The van der Waals surface area contributed by atoms with Crippen molar-refractivity contribution in [3.05, 3.63) is 76.7 Å². The summed E-state index contributed by atoms with van der Waals surface area (Å²) in [5.41, 5.74) is 2.06. The van der Waals surface area contributed by atoms with Crippen LogP contribution in [0.15, 0.2) is 54.6 Å². The van der Waals surface area contributed by atoms with Crippen molar-refractivity contribution >= 4 is 23.6 Å². The van der Waals surface area contributed by atoms with Crippen LogP contribution in [-0.2, 0) is 16.0 Å². The molecule has 0 N–H and O–H groups in total. The molecule has 0 saturated carbocycles. The molecule has 1 saturated heterocycles. The molecule has 1 radical (unpaired) electrons. The van der Waals surface area contributed by atoms with E-state index in [1.165, 1.54) is 10.8 Å². The first-order chi connectivity index (χ1) is 14.6. The standard InChI is InChI=1S/C26H31ClNO3/c1-18(16-26(2,3)4)14-23(20-10-12-21(27)13-11-20)24(29)28-22(17-31-25(28)30)15-19-8-6-5-7-9-19/h5-13,22-23H,14-17H2,1-4H3/t22-,23-/m0/s1. The average molecular weight is 441 g/mol. The minimum atomic E-state index is -0.557. The van der Waals surface area contributed by atoms with Gasteiger partial charge in [-0.05, 0) is 53.9 Å². The highest BCUT2D eigenvalue weighted by Crippen LogP contribution is 2.35. The van der Waals surface area contributed by atoms with E-state index in [0.717, 1.165) is 17.5 Å². The molecule has 1 heterocycles. The van der Waals surface area contributed by atoms with Gasteiger partial charge < -0.3 is 4.74 Å². The molecular formula is C26H31ClNO3. The molecule has 1 fully saturated rings. The van der Waals surface area contributed by atoms with Crippen LogP contribution in [-0.4, -0.2) is 29.5 Å². The van der Waals surface area contributed by atoms with Gasteiger partial charge in [-0.25, -0.2) is 9.69 Å². The van der Waals surface area contributed by atoms with Gasteiger partial charge in [-0.15, -0.1) is 0 Å². The zero-order chi connectivity index (χ0) is 22.6. The van der Waals surface area contributed by atoms with Gasteiger partial charge >= 0.3 is 6.09 Å². The maximum atomic E-state index is 13.7. The highest BCUT2D eigenvalue weighted by atomic mass is 35.5. The maximum Gasteiger partial charge on any atom is 0.417 e. The first kappa shape index (κ1) is 23.3. The molecule has 0 unspecified atom stereocenters. The van der Waals surface area contributed by atoms with Crippen molar-refractivity contribution in [2.45, 2.75) is 58.9 Å². The van der Waals surface area contributed by atoms with Crippen molar-refractivity contribution in [1.29, 1.82) is 0 Å². The van der Waals surface area contributed by atoms with Crippen LogP contribution in [0.5, 0.6) is 0 Å². The summed E-state index contributed by atoms with van der Waals surface area (Å²) >= 11 is 6.08. The van der Waals surface area contributed by atoms with E-state index in [-0.39, 0.29) is 24.0 Å². The molecule has 0 spiro atoms. The smallest absolute Gasteiger partial charge is 0.417 e. The first-order valence-corrected chi connectivity index (χ1v) is 11.1. The molecule has 2 aromatic rings. The van der Waals surface area contributed by atoms with Gasteiger partial charge in [0.05, 0.1) is 12.0 Å². The summed E-state index contributed by atoms with van der Waals surface area (Å²) in [6.45, 7) is 8.86. The lowest BCUT2D eigenvalue weighted by molar-refractivity contribution is -0.130. The van der Waals surface area contributed by atoms with E-state index in [4.69, 9.17) is 16.3 Å². The zero-order valence-electron chi connectivity index (χ0n) is 18.7. The number of hydrogen-bond donors (Lipinski definition) is 0. The number of hydrogen-bond acceptors (Lipinski definition) is 3. The second-order valence-electron chi connectivity index (χ2n) is 9.63. The Hall–Kier alpha value is -2.33. The summed E-state index contributed by atoms with van der Waals surface area (Å²) in [5, 5.41) is 0.618. The predicted molar refractivity (Wildman–Crippen MR) is 124 cm³/mol. The Morgan fingerprint density at radius 3 is 2.39 bits per heavy atom. The SMILES string of the molecule is C[C](C[C@H](C(=O)N1C(=O)OC[C@@H]1Cc1ccccc1)c1ccc(Cl)cc1)CC(C)(C)C. The van der Waals surface area contributed by atoms with Crippen molar-refractivity contribution in [3.8, 4) is 0 Å². The Kier molecular flexibility index (Phi) is 7.42. The normalized spacial score (nSPS) is 17.7. The number of carbonyl (C=O) groups is 2. The molecule has 0 aromatic heterocycles. The number of halogens is 1. The molecule has 31 heavy (non-hydrogen) atoms. The largest absolute Gasteiger partial charge is 0.447 e. The van der Waals surface area contributed by atoms with Gasteiger partial charge in [0.2, 0.25) is 5.91 Å². The monoisotopic (exact) mass is 440 g/mol. The number of cyclic esters (lactones) is 1. The van der Waals surface area contributed by atoms with E-state index < -0.39 is 12.0 Å². The number of imide groups is 1. The molecule has 1 aliphatic rings. The molecule has 2 aromatic carbocycles. The van der Waals surface area contributed by atoms with Gasteiger partial charge in [0.1, 0.15) is 6.61 Å². The minimum absolute atomic E-state index is 0.125. The third-order valence-corrected chi connectivity index (χ3v) is 5.72. The molecular weight excluding hydrogens is 410 g/mol. The summed E-state index contributed by atoms with van der Waals surface area (Å²) < 4.78 is 5.30. The summed E-state index contributed by atoms with van der Waals surface area (Å²) in [5.74, 6) is 0.565. The van der Waals surface area contributed by atoms with E-state index in [2.05, 4.69) is 27.7 Å². The molecule has 165 valence electrons. The van der Waals surface area contributed by atoms with E-state index in [1.807, 2.05) is 42.5 Å². The number of benzene rings is 2. The second-order valence-corrected chi connectivity index (χ2v) is 10.1. The van der Waals surface area contributed by atoms with Crippen LogP contribution in [0.2, 0.25) is 5.02 Å². The maximum absolute atomic E-state index is 13.7. The van der Waals surface area contributed by atoms with Crippen LogP contribution < -0.4 is 0 Å². The van der Waals surface area contributed by atoms with Crippen LogP contribution in [0.25, 0.3) is 0 Å². The molecule has 0 aliphatic carbocycles. The van der Waals surface area contributed by atoms with Crippen LogP contribution >= 0.6 is 11.6 Å². The van der Waals surface area contributed by atoms with Crippen molar-refractivity contribution in [2.24, 2.45) is 5.41 Å². The van der Waals surface area contributed by atoms with E-state index in [1.54, 1.807) is 12.1 Å². The fourth-order valence-electron chi connectivity index (χ4n) is 4.30.